The van der Waals surface area contributed by atoms with E-state index in [1.807, 2.05) is 0 Å². The number of rotatable bonds is 6. The second-order valence-electron chi connectivity index (χ2n) is 4.86. The molecule has 0 bridgehead atoms. The van der Waals surface area contributed by atoms with Gasteiger partial charge in [-0.2, -0.15) is 0 Å². The van der Waals surface area contributed by atoms with Crippen molar-refractivity contribution in [2.45, 2.75) is 13.5 Å². The summed E-state index contributed by atoms with van der Waals surface area (Å²) in [6.45, 7) is 5.91. The molecule has 9 nitrogen and oxygen atoms in total. The van der Waals surface area contributed by atoms with Crippen LogP contribution >= 0.6 is 0 Å². The third kappa shape index (κ3) is 4.50. The fraction of sp³-hybridized carbons (Fsp3) is 0.667. The predicted molar refractivity (Wildman–Crippen MR) is 73.9 cm³/mol. The van der Waals surface area contributed by atoms with E-state index in [0.717, 1.165) is 24.3 Å². The van der Waals surface area contributed by atoms with Crippen molar-refractivity contribution in [1.29, 1.82) is 0 Å². The van der Waals surface area contributed by atoms with Crippen molar-refractivity contribution < 1.29 is 14.5 Å². The van der Waals surface area contributed by atoms with E-state index in [2.05, 4.69) is 15.3 Å². The molecule has 0 aliphatic carbocycles. The van der Waals surface area contributed by atoms with Crippen molar-refractivity contribution in [1.82, 2.24) is 20.0 Å². The Balaban J connectivity index is 1.77. The van der Waals surface area contributed by atoms with Crippen LogP contribution in [0, 0.1) is 17.0 Å². The fourth-order valence-electron chi connectivity index (χ4n) is 2.17. The van der Waals surface area contributed by atoms with Crippen LogP contribution in [0.5, 0.6) is 0 Å². The minimum Gasteiger partial charge on any atom is -0.379 e. The predicted octanol–water partition coefficient (Wildman–Crippen LogP) is -0.452. The Hall–Kier alpha value is -2.00. The minimum atomic E-state index is -0.541. The highest BCUT2D eigenvalue weighted by Gasteiger charge is 2.19. The molecule has 0 unspecified atom stereocenters. The van der Waals surface area contributed by atoms with E-state index >= 15 is 0 Å². The molecule has 1 aromatic heterocycles. The van der Waals surface area contributed by atoms with E-state index in [4.69, 9.17) is 4.74 Å². The zero-order chi connectivity index (χ0) is 15.2. The van der Waals surface area contributed by atoms with Gasteiger partial charge in [-0.1, -0.05) is 5.10 Å². The summed E-state index contributed by atoms with van der Waals surface area (Å²) in [7, 11) is 0. The van der Waals surface area contributed by atoms with Crippen LogP contribution in [0.1, 0.15) is 5.69 Å². The fourth-order valence-corrected chi connectivity index (χ4v) is 2.17. The normalized spacial score (nSPS) is 15.9. The summed E-state index contributed by atoms with van der Waals surface area (Å²) >= 11 is 0. The number of nitrogens with zero attached hydrogens (tertiary/aromatic N) is 4. The summed E-state index contributed by atoms with van der Waals surface area (Å²) in [5.41, 5.74) is 0.516. The number of carbonyl (C=O) groups excluding carboxylic acids is 1. The van der Waals surface area contributed by atoms with Crippen LogP contribution in [0.15, 0.2) is 6.07 Å². The lowest BCUT2D eigenvalue weighted by Gasteiger charge is -2.26. The molecule has 9 heteroatoms. The van der Waals surface area contributed by atoms with Crippen molar-refractivity contribution >= 4 is 11.7 Å². The molecule has 0 saturated carbocycles. The maximum absolute atomic E-state index is 11.8. The molecule has 1 amide bonds. The topological polar surface area (TPSA) is 103 Å². The lowest BCUT2D eigenvalue weighted by molar-refractivity contribution is -0.392. The average molecular weight is 297 g/mol. The molecular formula is C12H19N5O4. The largest absolute Gasteiger partial charge is 0.379 e. The van der Waals surface area contributed by atoms with E-state index < -0.39 is 4.92 Å². The van der Waals surface area contributed by atoms with Crippen LogP contribution in [-0.2, 0) is 16.1 Å². The van der Waals surface area contributed by atoms with Crippen molar-refractivity contribution in [3.05, 3.63) is 21.9 Å². The standard InChI is InChI=1S/C12H19N5O4/c1-10-8-12(17(19)20)16(14-10)9-11(18)13-2-3-15-4-6-21-7-5-15/h8H,2-7,9H2,1H3,(H,13,18). The van der Waals surface area contributed by atoms with Gasteiger partial charge in [-0.15, -0.1) is 4.68 Å². The van der Waals surface area contributed by atoms with Crippen molar-refractivity contribution in [2.24, 2.45) is 0 Å². The van der Waals surface area contributed by atoms with Gasteiger partial charge < -0.3 is 20.2 Å². The van der Waals surface area contributed by atoms with Crippen LogP contribution in [0.25, 0.3) is 0 Å². The molecule has 21 heavy (non-hydrogen) atoms. The number of amides is 1. The quantitative estimate of drug-likeness (QED) is 0.563. The molecule has 0 radical (unpaired) electrons. The minimum absolute atomic E-state index is 0.146. The molecule has 1 aromatic rings. The third-order valence-electron chi connectivity index (χ3n) is 3.22. The average Bonchev–Trinajstić information content (AvgIpc) is 2.81. The van der Waals surface area contributed by atoms with Crippen molar-refractivity contribution in [3.8, 4) is 0 Å². The SMILES string of the molecule is Cc1cc([N+](=O)[O-])n(CC(=O)NCCN2CCOCC2)n1. The molecule has 0 spiro atoms. The number of hydrogen-bond acceptors (Lipinski definition) is 6. The molecule has 0 atom stereocenters. The first-order chi connectivity index (χ1) is 10.1. The third-order valence-corrected chi connectivity index (χ3v) is 3.22. The molecular weight excluding hydrogens is 278 g/mol. The van der Waals surface area contributed by atoms with Gasteiger partial charge >= 0.3 is 5.82 Å². The zero-order valence-corrected chi connectivity index (χ0v) is 11.9. The Kier molecular flexibility index (Phi) is 5.23. The zero-order valence-electron chi connectivity index (χ0n) is 11.9. The van der Waals surface area contributed by atoms with Crippen LogP contribution in [-0.4, -0.2) is 64.9 Å². The lowest BCUT2D eigenvalue weighted by Crippen LogP contribution is -2.41. The molecule has 2 rings (SSSR count). The number of carbonyl (C=O) groups is 1. The summed E-state index contributed by atoms with van der Waals surface area (Å²) in [5, 5.41) is 17.5. The number of aromatic nitrogens is 2. The monoisotopic (exact) mass is 297 g/mol. The number of nitrogens with one attached hydrogen (secondary N) is 1. The van der Waals surface area contributed by atoms with Gasteiger partial charge in [0.25, 0.3) is 5.91 Å². The Morgan fingerprint density at radius 3 is 2.90 bits per heavy atom. The van der Waals surface area contributed by atoms with Gasteiger partial charge in [0.1, 0.15) is 0 Å². The molecule has 0 aromatic carbocycles. The lowest BCUT2D eigenvalue weighted by atomic mass is 10.4. The van der Waals surface area contributed by atoms with Crippen molar-refractivity contribution in [2.75, 3.05) is 39.4 Å². The Labute approximate surface area is 122 Å². The molecule has 1 N–H and O–H groups in total. The summed E-state index contributed by atoms with van der Waals surface area (Å²) in [6.07, 6.45) is 0. The molecule has 1 saturated heterocycles. The smallest absolute Gasteiger partial charge is 0.345 e. The number of ether oxygens (including phenoxy) is 1. The molecule has 1 aliphatic rings. The summed E-state index contributed by atoms with van der Waals surface area (Å²) in [5.74, 6) is -0.453. The number of nitro groups is 1. The maximum atomic E-state index is 11.8. The molecule has 116 valence electrons. The highest BCUT2D eigenvalue weighted by atomic mass is 16.6. The van der Waals surface area contributed by atoms with Crippen LogP contribution in [0.3, 0.4) is 0 Å². The van der Waals surface area contributed by atoms with Crippen molar-refractivity contribution in [3.63, 3.8) is 0 Å². The molecule has 1 fully saturated rings. The highest BCUT2D eigenvalue weighted by molar-refractivity contribution is 5.75. The highest BCUT2D eigenvalue weighted by Crippen LogP contribution is 2.12. The van der Waals surface area contributed by atoms with Gasteiger partial charge in [0.15, 0.2) is 6.54 Å². The van der Waals surface area contributed by atoms with Gasteiger partial charge in [-0.3, -0.25) is 9.69 Å². The summed E-state index contributed by atoms with van der Waals surface area (Å²) in [6, 6.07) is 1.35. The Morgan fingerprint density at radius 2 is 2.24 bits per heavy atom. The first-order valence-corrected chi connectivity index (χ1v) is 6.82. The van der Waals surface area contributed by atoms with Gasteiger partial charge in [-0.25, -0.2) is 0 Å². The number of aryl methyl sites for hydroxylation is 1. The van der Waals surface area contributed by atoms with Crippen LogP contribution < -0.4 is 5.32 Å². The maximum Gasteiger partial charge on any atom is 0.345 e. The Bertz CT molecular complexity index is 510. The Morgan fingerprint density at radius 1 is 1.52 bits per heavy atom. The number of hydrogen-bond donors (Lipinski definition) is 1. The summed E-state index contributed by atoms with van der Waals surface area (Å²) < 4.78 is 6.35. The van der Waals surface area contributed by atoms with Gasteiger partial charge in [0.05, 0.1) is 25.0 Å². The second-order valence-corrected chi connectivity index (χ2v) is 4.86. The van der Waals surface area contributed by atoms with E-state index in [0.29, 0.717) is 25.5 Å². The number of morpholine rings is 1. The first kappa shape index (κ1) is 15.4. The van der Waals surface area contributed by atoms with E-state index in [-0.39, 0.29) is 18.3 Å². The van der Waals surface area contributed by atoms with E-state index in [1.54, 1.807) is 6.92 Å². The van der Waals surface area contributed by atoms with Gasteiger partial charge in [0, 0.05) is 26.2 Å². The van der Waals surface area contributed by atoms with E-state index in [9.17, 15) is 14.9 Å². The van der Waals surface area contributed by atoms with Gasteiger partial charge in [-0.05, 0) is 11.8 Å². The second kappa shape index (κ2) is 7.14. The van der Waals surface area contributed by atoms with Gasteiger partial charge in [0.2, 0.25) is 0 Å². The summed E-state index contributed by atoms with van der Waals surface area (Å²) in [4.78, 5) is 24.3. The molecule has 2 heterocycles. The molecule has 1 aliphatic heterocycles. The van der Waals surface area contributed by atoms with Crippen LogP contribution in [0.2, 0.25) is 0 Å². The van der Waals surface area contributed by atoms with Crippen LogP contribution in [0.4, 0.5) is 5.82 Å². The van der Waals surface area contributed by atoms with E-state index in [1.165, 1.54) is 6.07 Å². The first-order valence-electron chi connectivity index (χ1n) is 6.82.